The van der Waals surface area contributed by atoms with Gasteiger partial charge >= 0.3 is 25.9 Å². The Morgan fingerprint density at radius 1 is 0.630 bits per heavy atom. The molecule has 0 saturated carbocycles. The van der Waals surface area contributed by atoms with E-state index in [4.69, 9.17) is 37.3 Å². The summed E-state index contributed by atoms with van der Waals surface area (Å²) in [6.07, 6.45) is 2.42. The van der Waals surface area contributed by atoms with Gasteiger partial charge in [-0.15, -0.1) is 0 Å². The minimum absolute atomic E-state index is 0.235. The van der Waals surface area contributed by atoms with E-state index in [1.807, 2.05) is 13.1 Å². The third-order valence-corrected chi connectivity index (χ3v) is 16.0. The van der Waals surface area contributed by atoms with Gasteiger partial charge < -0.3 is 21.5 Å². The number of unbranched alkanes of at least 4 members (excludes halogenated alkanes) is 2. The SMILES string of the molecule is CO[Si](C)(CCCC#N)O[Si](CCC#N)(OC)O[Si](C)(CCCC#N)OC. The molecule has 11 heteroatoms. The maximum absolute atomic E-state index is 9.08. The van der Waals surface area contributed by atoms with Crippen molar-refractivity contribution in [3.05, 3.63) is 0 Å². The topological polar surface area (TPSA) is 118 Å². The van der Waals surface area contributed by atoms with Gasteiger partial charge in [0.25, 0.3) is 0 Å². The molecule has 0 aromatic heterocycles. The maximum atomic E-state index is 9.08. The Morgan fingerprint density at radius 3 is 1.33 bits per heavy atom. The van der Waals surface area contributed by atoms with Crippen molar-refractivity contribution in [3.63, 3.8) is 0 Å². The van der Waals surface area contributed by atoms with Gasteiger partial charge in [0.2, 0.25) is 0 Å². The molecule has 0 fully saturated rings. The highest BCUT2D eigenvalue weighted by Gasteiger charge is 2.52. The molecule has 0 spiro atoms. The van der Waals surface area contributed by atoms with Crippen molar-refractivity contribution in [1.82, 2.24) is 0 Å². The number of rotatable bonds is 15. The largest absolute Gasteiger partial charge is 0.483 e. The molecule has 0 aromatic rings. The van der Waals surface area contributed by atoms with Crippen molar-refractivity contribution in [2.24, 2.45) is 0 Å². The third-order valence-electron chi connectivity index (χ3n) is 4.30. The molecule has 0 saturated heterocycles. The van der Waals surface area contributed by atoms with E-state index in [1.165, 1.54) is 7.11 Å². The van der Waals surface area contributed by atoms with Crippen LogP contribution in [0.15, 0.2) is 0 Å². The molecule has 0 bridgehead atoms. The summed E-state index contributed by atoms with van der Waals surface area (Å²) >= 11 is 0. The second-order valence-electron chi connectivity index (χ2n) is 6.45. The van der Waals surface area contributed by atoms with Crippen LogP contribution in [0.2, 0.25) is 31.2 Å². The Kier molecular flexibility index (Phi) is 12.6. The predicted molar refractivity (Wildman–Crippen MR) is 107 cm³/mol. The molecule has 0 N–H and O–H groups in total. The van der Waals surface area contributed by atoms with Crippen LogP contribution in [0, 0.1) is 34.0 Å². The van der Waals surface area contributed by atoms with Crippen LogP contribution in [-0.4, -0.2) is 47.3 Å². The number of nitriles is 3. The molecule has 27 heavy (non-hydrogen) atoms. The summed E-state index contributed by atoms with van der Waals surface area (Å²) in [5.74, 6) is 0. The van der Waals surface area contributed by atoms with E-state index in [0.29, 0.717) is 43.8 Å². The first-order valence-electron chi connectivity index (χ1n) is 8.95. The van der Waals surface area contributed by atoms with E-state index in [1.54, 1.807) is 14.2 Å². The summed E-state index contributed by atoms with van der Waals surface area (Å²) in [5, 5.41) is 26.7. The lowest BCUT2D eigenvalue weighted by atomic mass is 10.4. The molecule has 0 heterocycles. The molecule has 0 aliphatic rings. The number of hydrogen-bond donors (Lipinski definition) is 0. The van der Waals surface area contributed by atoms with Gasteiger partial charge in [-0.25, -0.2) is 0 Å². The number of hydrogen-bond acceptors (Lipinski definition) is 8. The van der Waals surface area contributed by atoms with E-state index in [0.717, 1.165) is 0 Å². The van der Waals surface area contributed by atoms with Crippen molar-refractivity contribution < 1.29 is 21.5 Å². The summed E-state index contributed by atoms with van der Waals surface area (Å²) in [6.45, 7) is 3.84. The second kappa shape index (κ2) is 13.2. The average Bonchev–Trinajstić information content (AvgIpc) is 2.66. The van der Waals surface area contributed by atoms with Crippen LogP contribution in [0.25, 0.3) is 0 Å². The van der Waals surface area contributed by atoms with E-state index in [2.05, 4.69) is 18.2 Å². The van der Waals surface area contributed by atoms with Crippen molar-refractivity contribution >= 4 is 25.9 Å². The Balaban J connectivity index is 5.52. The predicted octanol–water partition coefficient (Wildman–Crippen LogP) is 3.56. The molecule has 0 aliphatic heterocycles. The van der Waals surface area contributed by atoms with Crippen LogP contribution in [-0.2, 0) is 21.5 Å². The van der Waals surface area contributed by atoms with Gasteiger partial charge in [-0.1, -0.05) is 0 Å². The summed E-state index contributed by atoms with van der Waals surface area (Å²) in [6, 6.07) is 7.99. The molecule has 152 valence electrons. The molecule has 8 nitrogen and oxygen atoms in total. The molecule has 2 unspecified atom stereocenters. The zero-order valence-electron chi connectivity index (χ0n) is 17.0. The quantitative estimate of drug-likeness (QED) is 0.286. The Morgan fingerprint density at radius 2 is 1.04 bits per heavy atom. The molecule has 0 aliphatic carbocycles. The summed E-state index contributed by atoms with van der Waals surface area (Å²) < 4.78 is 30.0. The lowest BCUT2D eigenvalue weighted by molar-refractivity contribution is 0.146. The minimum Gasteiger partial charge on any atom is -0.398 e. The first-order chi connectivity index (χ1) is 12.8. The molecule has 0 amide bonds. The maximum Gasteiger partial charge on any atom is 0.483 e. The van der Waals surface area contributed by atoms with E-state index < -0.39 is 25.9 Å². The van der Waals surface area contributed by atoms with Crippen molar-refractivity contribution in [2.45, 2.75) is 63.3 Å². The molecule has 0 aromatic carbocycles. The fourth-order valence-electron chi connectivity index (χ4n) is 2.54. The van der Waals surface area contributed by atoms with Crippen molar-refractivity contribution in [1.29, 1.82) is 15.8 Å². The van der Waals surface area contributed by atoms with E-state index in [-0.39, 0.29) is 6.42 Å². The third kappa shape index (κ3) is 9.60. The first-order valence-corrected chi connectivity index (χ1v) is 15.9. The average molecular weight is 430 g/mol. The van der Waals surface area contributed by atoms with Gasteiger partial charge in [0, 0.05) is 46.6 Å². The minimum atomic E-state index is -3.24. The molecular formula is C16H31N3O5Si3. The lowest BCUT2D eigenvalue weighted by Gasteiger charge is -2.40. The summed E-state index contributed by atoms with van der Waals surface area (Å²) in [5.41, 5.74) is 0. The Bertz CT molecular complexity index is 527. The van der Waals surface area contributed by atoms with Crippen LogP contribution in [0.5, 0.6) is 0 Å². The van der Waals surface area contributed by atoms with E-state index in [9.17, 15) is 0 Å². The molecule has 0 radical (unpaired) electrons. The summed E-state index contributed by atoms with van der Waals surface area (Å²) in [4.78, 5) is 0. The number of nitrogens with zero attached hydrogens (tertiary/aromatic N) is 3. The Labute approximate surface area is 166 Å². The zero-order valence-corrected chi connectivity index (χ0v) is 20.0. The summed E-state index contributed by atoms with van der Waals surface area (Å²) in [7, 11) is -3.82. The highest BCUT2D eigenvalue weighted by atomic mass is 28.5. The van der Waals surface area contributed by atoms with Gasteiger partial charge in [-0.3, -0.25) is 0 Å². The zero-order chi connectivity index (χ0) is 20.8. The lowest BCUT2D eigenvalue weighted by Crippen LogP contribution is -2.60. The van der Waals surface area contributed by atoms with Crippen LogP contribution >= 0.6 is 0 Å². The van der Waals surface area contributed by atoms with Gasteiger partial charge in [0.05, 0.1) is 18.2 Å². The fraction of sp³-hybridized carbons (Fsp3) is 0.812. The highest BCUT2D eigenvalue weighted by Crippen LogP contribution is 2.31. The van der Waals surface area contributed by atoms with Gasteiger partial charge in [-0.2, -0.15) is 15.8 Å². The fourth-order valence-corrected chi connectivity index (χ4v) is 14.0. The van der Waals surface area contributed by atoms with Gasteiger partial charge in [-0.05, 0) is 38.0 Å². The van der Waals surface area contributed by atoms with Gasteiger partial charge in [0.1, 0.15) is 0 Å². The molecule has 2 atom stereocenters. The van der Waals surface area contributed by atoms with Crippen molar-refractivity contribution in [2.75, 3.05) is 21.3 Å². The molecular weight excluding hydrogens is 398 g/mol. The van der Waals surface area contributed by atoms with Crippen LogP contribution < -0.4 is 0 Å². The first kappa shape index (κ1) is 25.9. The second-order valence-corrected chi connectivity index (χ2v) is 16.7. The Hall–Kier alpha value is -1.08. The van der Waals surface area contributed by atoms with Crippen molar-refractivity contribution in [3.8, 4) is 18.2 Å². The smallest absolute Gasteiger partial charge is 0.398 e. The van der Waals surface area contributed by atoms with Gasteiger partial charge in [0.15, 0.2) is 0 Å². The molecule has 0 rings (SSSR count). The van der Waals surface area contributed by atoms with Crippen LogP contribution in [0.3, 0.4) is 0 Å². The normalized spacial score (nSPS) is 17.6. The van der Waals surface area contributed by atoms with E-state index >= 15 is 0 Å². The van der Waals surface area contributed by atoms with Crippen LogP contribution in [0.4, 0.5) is 0 Å². The highest BCUT2D eigenvalue weighted by molar-refractivity contribution is 6.83. The monoisotopic (exact) mass is 429 g/mol. The van der Waals surface area contributed by atoms with Crippen LogP contribution in [0.1, 0.15) is 32.1 Å². The standard InChI is InChI=1S/C16H31N3O5Si3/c1-20-25(4,14-8-6-11-17)23-27(22-3,16-10-13-19)24-26(5,21-2)15-9-7-12-18/h6-10,14-16H2,1-5H3.